The second-order valence-corrected chi connectivity index (χ2v) is 9.35. The van der Waals surface area contributed by atoms with Crippen molar-refractivity contribution in [2.24, 2.45) is 5.92 Å². The molecule has 4 atom stereocenters. The summed E-state index contributed by atoms with van der Waals surface area (Å²) in [7, 11) is 0. The van der Waals surface area contributed by atoms with Gasteiger partial charge < -0.3 is 14.4 Å². The predicted molar refractivity (Wildman–Crippen MR) is 119 cm³/mol. The Balaban J connectivity index is 1.62. The highest BCUT2D eigenvalue weighted by molar-refractivity contribution is 5.34. The molecule has 0 N–H and O–H groups in total. The van der Waals surface area contributed by atoms with Crippen LogP contribution in [0.4, 0.5) is 26.3 Å². The Morgan fingerprint density at radius 1 is 0.943 bits per heavy atom. The predicted octanol–water partition coefficient (Wildman–Crippen LogP) is 7.04. The van der Waals surface area contributed by atoms with Crippen LogP contribution >= 0.6 is 0 Å². The van der Waals surface area contributed by atoms with Gasteiger partial charge in [-0.25, -0.2) is 0 Å². The molecule has 0 spiro atoms. The lowest BCUT2D eigenvalue weighted by Crippen LogP contribution is -2.42. The molecule has 0 bridgehead atoms. The Hall–Kier alpha value is -2.10. The van der Waals surface area contributed by atoms with Gasteiger partial charge in [0.1, 0.15) is 0 Å². The average molecular weight is 502 g/mol. The van der Waals surface area contributed by atoms with Crippen molar-refractivity contribution in [3.63, 3.8) is 0 Å². The van der Waals surface area contributed by atoms with Gasteiger partial charge in [0, 0.05) is 12.5 Å². The van der Waals surface area contributed by atoms with Gasteiger partial charge in [-0.1, -0.05) is 30.3 Å². The molecule has 0 aliphatic carbocycles. The summed E-state index contributed by atoms with van der Waals surface area (Å²) in [4.78, 5) is 2.40. The van der Waals surface area contributed by atoms with E-state index in [0.29, 0.717) is 6.61 Å². The van der Waals surface area contributed by atoms with E-state index in [1.54, 1.807) is 0 Å². The molecular weight excluding hydrogens is 472 g/mol. The summed E-state index contributed by atoms with van der Waals surface area (Å²) in [5.41, 5.74) is -1.92. The molecule has 0 aromatic heterocycles. The van der Waals surface area contributed by atoms with Crippen LogP contribution in [0.3, 0.4) is 0 Å². The summed E-state index contributed by atoms with van der Waals surface area (Å²) in [5, 5.41) is 0. The molecule has 2 aliphatic rings. The van der Waals surface area contributed by atoms with Crippen LogP contribution in [0.1, 0.15) is 60.5 Å². The molecule has 35 heavy (non-hydrogen) atoms. The summed E-state index contributed by atoms with van der Waals surface area (Å²) in [6.45, 7) is 4.76. The molecule has 2 heterocycles. The largest absolute Gasteiger partial charge is 0.416 e. The number of benzene rings is 2. The van der Waals surface area contributed by atoms with E-state index < -0.39 is 35.9 Å². The van der Waals surface area contributed by atoms with Crippen LogP contribution in [0.2, 0.25) is 0 Å². The van der Waals surface area contributed by atoms with E-state index in [1.807, 2.05) is 30.3 Å². The molecule has 9 heteroatoms. The minimum Gasteiger partial charge on any atom is -0.352 e. The number of halogens is 6. The van der Waals surface area contributed by atoms with Crippen LogP contribution in [0.25, 0.3) is 0 Å². The van der Waals surface area contributed by atoms with E-state index in [0.717, 1.165) is 56.6 Å². The second-order valence-electron chi connectivity index (χ2n) is 9.35. The monoisotopic (exact) mass is 501 g/mol. The number of hydrogen-bond acceptors (Lipinski definition) is 3. The summed E-state index contributed by atoms with van der Waals surface area (Å²) < 4.78 is 92.1. The lowest BCUT2D eigenvalue weighted by atomic mass is 9.81. The lowest BCUT2D eigenvalue weighted by molar-refractivity contribution is -0.210. The first-order valence-corrected chi connectivity index (χ1v) is 11.9. The third-order valence-electron chi connectivity index (χ3n) is 6.87. The highest BCUT2D eigenvalue weighted by Crippen LogP contribution is 2.41. The summed E-state index contributed by atoms with van der Waals surface area (Å²) in [6.07, 6.45) is -8.57. The minimum atomic E-state index is -4.91. The van der Waals surface area contributed by atoms with Crippen molar-refractivity contribution in [3.8, 4) is 0 Å². The maximum absolute atomic E-state index is 13.3. The second kappa shape index (κ2) is 10.5. The molecule has 2 aliphatic heterocycles. The van der Waals surface area contributed by atoms with Gasteiger partial charge in [-0.2, -0.15) is 26.3 Å². The Bertz CT molecular complexity index is 940. The van der Waals surface area contributed by atoms with E-state index in [1.165, 1.54) is 6.92 Å². The number of hydrogen-bond donors (Lipinski definition) is 0. The highest BCUT2D eigenvalue weighted by Gasteiger charge is 2.40. The fourth-order valence-electron chi connectivity index (χ4n) is 5.06. The molecule has 3 nitrogen and oxygen atoms in total. The number of likely N-dealkylation sites (tertiary alicyclic amines) is 1. The topological polar surface area (TPSA) is 21.7 Å². The van der Waals surface area contributed by atoms with Gasteiger partial charge in [0.25, 0.3) is 0 Å². The van der Waals surface area contributed by atoms with Crippen molar-refractivity contribution >= 4 is 0 Å². The van der Waals surface area contributed by atoms with Gasteiger partial charge in [-0.15, -0.1) is 0 Å². The summed E-state index contributed by atoms with van der Waals surface area (Å²) in [5.74, 6) is -0.00502. The fourth-order valence-corrected chi connectivity index (χ4v) is 5.06. The Morgan fingerprint density at radius 3 is 2.11 bits per heavy atom. The first-order chi connectivity index (χ1) is 16.5. The smallest absolute Gasteiger partial charge is 0.352 e. The molecule has 4 unspecified atom stereocenters. The van der Waals surface area contributed by atoms with Gasteiger partial charge in [0.05, 0.1) is 23.8 Å². The van der Waals surface area contributed by atoms with Crippen molar-refractivity contribution in [3.05, 3.63) is 70.8 Å². The Kier molecular flexibility index (Phi) is 7.78. The zero-order valence-corrected chi connectivity index (χ0v) is 19.4. The maximum atomic E-state index is 13.3. The summed E-state index contributed by atoms with van der Waals surface area (Å²) in [6, 6.07) is 11.2. The number of ether oxygens (including phenoxy) is 2. The highest BCUT2D eigenvalue weighted by atomic mass is 19.4. The van der Waals surface area contributed by atoms with Crippen LogP contribution in [0.15, 0.2) is 48.5 Å². The molecule has 2 fully saturated rings. The normalized spacial score (nSPS) is 25.1. The van der Waals surface area contributed by atoms with Crippen molar-refractivity contribution in [1.29, 1.82) is 0 Å². The van der Waals surface area contributed by atoms with Gasteiger partial charge in [-0.05, 0) is 74.5 Å². The SMILES string of the molecule is CC(OC1OCCC(CN2CCCC2)C1c1ccccc1)c1cc(C(F)(F)F)cc(C(F)(F)F)c1. The molecule has 2 saturated heterocycles. The van der Waals surface area contributed by atoms with E-state index in [4.69, 9.17) is 9.47 Å². The first kappa shape index (κ1) is 26.0. The van der Waals surface area contributed by atoms with Crippen LogP contribution < -0.4 is 0 Å². The van der Waals surface area contributed by atoms with Crippen molar-refractivity contribution in [1.82, 2.24) is 4.90 Å². The molecule has 0 radical (unpaired) electrons. The molecular formula is C26H29F6NO2. The van der Waals surface area contributed by atoms with Crippen LogP contribution in [-0.2, 0) is 21.8 Å². The van der Waals surface area contributed by atoms with Gasteiger partial charge in [0.15, 0.2) is 6.29 Å². The van der Waals surface area contributed by atoms with Gasteiger partial charge in [-0.3, -0.25) is 0 Å². The van der Waals surface area contributed by atoms with E-state index >= 15 is 0 Å². The quantitative estimate of drug-likeness (QED) is 0.396. The summed E-state index contributed by atoms with van der Waals surface area (Å²) >= 11 is 0. The van der Waals surface area contributed by atoms with E-state index in [2.05, 4.69) is 4.90 Å². The van der Waals surface area contributed by atoms with Gasteiger partial charge >= 0.3 is 12.4 Å². The molecule has 4 rings (SSSR count). The standard InChI is InChI=1S/C26H29F6NO2/c1-17(20-13-21(25(27,28)29)15-22(14-20)26(30,31)32)35-24-23(18-7-3-2-4-8-18)19(9-12-34-24)16-33-10-5-6-11-33/h2-4,7-8,13-15,17,19,23-24H,5-6,9-12,16H2,1H3. The van der Waals surface area contributed by atoms with Crippen LogP contribution in [0, 0.1) is 5.92 Å². The number of nitrogens with zero attached hydrogens (tertiary/aromatic N) is 1. The number of alkyl halides is 6. The molecule has 2 aromatic carbocycles. The van der Waals surface area contributed by atoms with Crippen molar-refractivity contribution in [2.45, 2.75) is 56.9 Å². The van der Waals surface area contributed by atoms with E-state index in [9.17, 15) is 26.3 Å². The first-order valence-electron chi connectivity index (χ1n) is 11.9. The Labute approximate surface area is 201 Å². The molecule has 0 saturated carbocycles. The van der Waals surface area contributed by atoms with Crippen LogP contribution in [0.5, 0.6) is 0 Å². The average Bonchev–Trinajstić information content (AvgIpc) is 3.31. The fraction of sp³-hybridized carbons (Fsp3) is 0.538. The van der Waals surface area contributed by atoms with Gasteiger partial charge in [0.2, 0.25) is 0 Å². The van der Waals surface area contributed by atoms with Crippen molar-refractivity contribution < 1.29 is 35.8 Å². The lowest BCUT2D eigenvalue weighted by Gasteiger charge is -2.41. The molecule has 0 amide bonds. The molecule has 192 valence electrons. The minimum absolute atomic E-state index is 0.131. The molecule has 2 aromatic rings. The van der Waals surface area contributed by atoms with E-state index in [-0.39, 0.29) is 23.5 Å². The number of rotatable bonds is 6. The van der Waals surface area contributed by atoms with Crippen LogP contribution in [-0.4, -0.2) is 37.4 Å². The zero-order chi connectivity index (χ0) is 25.2. The maximum Gasteiger partial charge on any atom is 0.416 e. The Morgan fingerprint density at radius 2 is 1.54 bits per heavy atom. The van der Waals surface area contributed by atoms with Crippen molar-refractivity contribution in [2.75, 3.05) is 26.2 Å². The third-order valence-corrected chi connectivity index (χ3v) is 6.87. The third kappa shape index (κ3) is 6.37. The zero-order valence-electron chi connectivity index (χ0n) is 19.4.